The topological polar surface area (TPSA) is 24.9 Å². The van der Waals surface area contributed by atoms with Gasteiger partial charge in [-0.05, 0) is 48.8 Å². The third-order valence-electron chi connectivity index (χ3n) is 3.87. The summed E-state index contributed by atoms with van der Waals surface area (Å²) in [5.41, 5.74) is 1.54. The first-order valence-electron chi connectivity index (χ1n) is 6.73. The minimum absolute atomic E-state index is 0.297. The summed E-state index contributed by atoms with van der Waals surface area (Å²) in [7, 11) is 0. The van der Waals surface area contributed by atoms with Gasteiger partial charge in [0.05, 0.1) is 0 Å². The molecular weight excluding hydrogens is 256 g/mol. The van der Waals surface area contributed by atoms with E-state index in [0.717, 1.165) is 32.2 Å². The molecule has 0 radical (unpaired) electrons. The van der Waals surface area contributed by atoms with Crippen molar-refractivity contribution >= 4 is 11.6 Å². The summed E-state index contributed by atoms with van der Waals surface area (Å²) >= 11 is 5.93. The lowest BCUT2D eigenvalue weighted by Crippen LogP contribution is -2.24. The van der Waals surface area contributed by atoms with Crippen LogP contribution in [-0.4, -0.2) is 17.6 Å². The van der Waals surface area contributed by atoms with Crippen molar-refractivity contribution in [2.45, 2.75) is 31.7 Å². The molecule has 102 valence electrons. The highest BCUT2D eigenvalue weighted by Crippen LogP contribution is 2.37. The first-order valence-corrected chi connectivity index (χ1v) is 7.11. The average Bonchev–Trinajstić information content (AvgIpc) is 2.73. The standard InChI is InChI=1S/C16H21ClN2/c1-3-6-16(7-4-2)11-14(19-12-16)9-13-5-8-18-15(17)10-13/h3-5,8,10,14,19H,1-2,6-7,9,11-12H2. The Bertz CT molecular complexity index is 446. The summed E-state index contributed by atoms with van der Waals surface area (Å²) in [6.45, 7) is 8.80. The molecule has 0 aliphatic carbocycles. The Morgan fingerprint density at radius 2 is 2.16 bits per heavy atom. The zero-order chi connectivity index (χ0) is 13.7. The highest BCUT2D eigenvalue weighted by atomic mass is 35.5. The van der Waals surface area contributed by atoms with Crippen LogP contribution in [0.25, 0.3) is 0 Å². The van der Waals surface area contributed by atoms with Gasteiger partial charge in [0.2, 0.25) is 0 Å². The van der Waals surface area contributed by atoms with E-state index in [1.165, 1.54) is 5.56 Å². The highest BCUT2D eigenvalue weighted by Gasteiger charge is 2.36. The number of nitrogens with one attached hydrogen (secondary N) is 1. The van der Waals surface area contributed by atoms with Gasteiger partial charge >= 0.3 is 0 Å². The fourth-order valence-electron chi connectivity index (χ4n) is 3.03. The first-order chi connectivity index (χ1) is 9.17. The molecule has 0 aromatic carbocycles. The minimum atomic E-state index is 0.297. The summed E-state index contributed by atoms with van der Waals surface area (Å²) in [5.74, 6) is 0. The van der Waals surface area contributed by atoms with Crippen molar-refractivity contribution in [3.05, 3.63) is 54.4 Å². The van der Waals surface area contributed by atoms with Gasteiger partial charge in [0.15, 0.2) is 0 Å². The Labute approximate surface area is 120 Å². The molecule has 0 saturated carbocycles. The van der Waals surface area contributed by atoms with Crippen LogP contribution in [0.5, 0.6) is 0 Å². The van der Waals surface area contributed by atoms with Crippen molar-refractivity contribution in [3.8, 4) is 0 Å². The number of nitrogens with zero attached hydrogens (tertiary/aromatic N) is 1. The molecule has 1 saturated heterocycles. The fraction of sp³-hybridized carbons (Fsp3) is 0.438. The summed E-state index contributed by atoms with van der Waals surface area (Å²) in [4.78, 5) is 4.02. The van der Waals surface area contributed by atoms with Crippen molar-refractivity contribution in [1.29, 1.82) is 0 Å². The lowest BCUT2D eigenvalue weighted by atomic mass is 9.78. The summed E-state index contributed by atoms with van der Waals surface area (Å²) in [5, 5.41) is 4.19. The largest absolute Gasteiger partial charge is 0.313 e. The van der Waals surface area contributed by atoms with Crippen LogP contribution in [0.15, 0.2) is 43.6 Å². The molecule has 1 unspecified atom stereocenters. The first kappa shape index (κ1) is 14.3. The lowest BCUT2D eigenvalue weighted by molar-refractivity contribution is 0.324. The van der Waals surface area contributed by atoms with E-state index >= 15 is 0 Å². The molecule has 19 heavy (non-hydrogen) atoms. The Morgan fingerprint density at radius 1 is 1.42 bits per heavy atom. The number of pyridine rings is 1. The molecule has 2 nitrogen and oxygen atoms in total. The van der Waals surface area contributed by atoms with Gasteiger partial charge in [0, 0.05) is 18.8 Å². The predicted molar refractivity (Wildman–Crippen MR) is 81.4 cm³/mol. The molecule has 1 aliphatic heterocycles. The Hall–Kier alpha value is -1.12. The third kappa shape index (κ3) is 3.68. The molecule has 1 aromatic heterocycles. The molecule has 0 amide bonds. The zero-order valence-electron chi connectivity index (χ0n) is 11.2. The predicted octanol–water partition coefficient (Wildman–Crippen LogP) is 3.78. The SMILES string of the molecule is C=CCC1(CC=C)CNC(Cc2ccnc(Cl)c2)C1. The molecule has 2 rings (SSSR count). The van der Waals surface area contributed by atoms with Crippen LogP contribution < -0.4 is 5.32 Å². The fourth-order valence-corrected chi connectivity index (χ4v) is 3.23. The highest BCUT2D eigenvalue weighted by molar-refractivity contribution is 6.29. The molecule has 1 N–H and O–H groups in total. The van der Waals surface area contributed by atoms with E-state index in [-0.39, 0.29) is 0 Å². The second kappa shape index (κ2) is 6.36. The lowest BCUT2D eigenvalue weighted by Gasteiger charge is -2.25. The van der Waals surface area contributed by atoms with Gasteiger partial charge in [-0.15, -0.1) is 13.2 Å². The van der Waals surface area contributed by atoms with Gasteiger partial charge in [0.25, 0.3) is 0 Å². The van der Waals surface area contributed by atoms with Crippen molar-refractivity contribution in [2.75, 3.05) is 6.54 Å². The average molecular weight is 277 g/mol. The third-order valence-corrected chi connectivity index (χ3v) is 4.08. The molecule has 1 aromatic rings. The van der Waals surface area contributed by atoms with Gasteiger partial charge in [-0.25, -0.2) is 4.98 Å². The minimum Gasteiger partial charge on any atom is -0.313 e. The quantitative estimate of drug-likeness (QED) is 0.632. The number of hydrogen-bond donors (Lipinski definition) is 1. The van der Waals surface area contributed by atoms with Gasteiger partial charge in [-0.2, -0.15) is 0 Å². The Balaban J connectivity index is 2.00. The van der Waals surface area contributed by atoms with E-state index in [1.54, 1.807) is 6.20 Å². The number of hydrogen-bond acceptors (Lipinski definition) is 2. The Morgan fingerprint density at radius 3 is 2.79 bits per heavy atom. The molecule has 1 aliphatic rings. The van der Waals surface area contributed by atoms with Crippen LogP contribution in [-0.2, 0) is 6.42 Å². The number of allylic oxidation sites excluding steroid dienone is 2. The second-order valence-electron chi connectivity index (χ2n) is 5.46. The maximum absolute atomic E-state index is 5.93. The van der Waals surface area contributed by atoms with Crippen LogP contribution in [0.3, 0.4) is 0 Å². The summed E-state index contributed by atoms with van der Waals surface area (Å²) < 4.78 is 0. The molecule has 0 spiro atoms. The van der Waals surface area contributed by atoms with E-state index in [4.69, 9.17) is 11.6 Å². The molecule has 1 fully saturated rings. The zero-order valence-corrected chi connectivity index (χ0v) is 12.0. The number of rotatable bonds is 6. The van der Waals surface area contributed by atoms with E-state index < -0.39 is 0 Å². The smallest absolute Gasteiger partial charge is 0.129 e. The van der Waals surface area contributed by atoms with Crippen molar-refractivity contribution in [3.63, 3.8) is 0 Å². The van der Waals surface area contributed by atoms with Crippen LogP contribution in [0.2, 0.25) is 5.15 Å². The van der Waals surface area contributed by atoms with E-state index in [0.29, 0.717) is 16.6 Å². The van der Waals surface area contributed by atoms with E-state index in [9.17, 15) is 0 Å². The van der Waals surface area contributed by atoms with Crippen LogP contribution in [0.4, 0.5) is 0 Å². The van der Waals surface area contributed by atoms with E-state index in [2.05, 4.69) is 23.5 Å². The maximum Gasteiger partial charge on any atom is 0.129 e. The van der Waals surface area contributed by atoms with E-state index in [1.807, 2.05) is 24.3 Å². The molecule has 0 bridgehead atoms. The summed E-state index contributed by atoms with van der Waals surface area (Å²) in [6, 6.07) is 4.48. The number of halogens is 1. The maximum atomic E-state index is 5.93. The number of aromatic nitrogens is 1. The van der Waals surface area contributed by atoms with Crippen molar-refractivity contribution in [2.24, 2.45) is 5.41 Å². The second-order valence-corrected chi connectivity index (χ2v) is 5.85. The van der Waals surface area contributed by atoms with Gasteiger partial charge in [-0.1, -0.05) is 23.8 Å². The van der Waals surface area contributed by atoms with Gasteiger partial charge in [0.1, 0.15) is 5.15 Å². The Kier molecular flexibility index (Phi) is 4.78. The molecule has 2 heterocycles. The van der Waals surface area contributed by atoms with Gasteiger partial charge < -0.3 is 5.32 Å². The molecular formula is C16H21ClN2. The van der Waals surface area contributed by atoms with Crippen LogP contribution >= 0.6 is 11.6 Å². The van der Waals surface area contributed by atoms with Gasteiger partial charge in [-0.3, -0.25) is 0 Å². The summed E-state index contributed by atoms with van der Waals surface area (Å²) in [6.07, 6.45) is 10.1. The molecule has 3 heteroatoms. The van der Waals surface area contributed by atoms with Crippen LogP contribution in [0.1, 0.15) is 24.8 Å². The van der Waals surface area contributed by atoms with Crippen LogP contribution in [0, 0.1) is 5.41 Å². The monoisotopic (exact) mass is 276 g/mol. The normalized spacial score (nSPS) is 21.2. The van der Waals surface area contributed by atoms with Crippen molar-refractivity contribution in [1.82, 2.24) is 10.3 Å². The van der Waals surface area contributed by atoms with Crippen molar-refractivity contribution < 1.29 is 0 Å². The molecule has 1 atom stereocenters.